The summed E-state index contributed by atoms with van der Waals surface area (Å²) in [4.78, 5) is 4.45. The first-order valence-corrected chi connectivity index (χ1v) is 6.74. The monoisotopic (exact) mass is 287 g/mol. The maximum absolute atomic E-state index is 13.6. The van der Waals surface area contributed by atoms with E-state index in [2.05, 4.69) is 4.98 Å². The lowest BCUT2D eigenvalue weighted by Gasteiger charge is -2.15. The van der Waals surface area contributed by atoms with Gasteiger partial charge in [0, 0.05) is 30.3 Å². The van der Waals surface area contributed by atoms with Gasteiger partial charge in [-0.1, -0.05) is 30.3 Å². The fraction of sp³-hybridized carbons (Fsp3) is 0.188. The van der Waals surface area contributed by atoms with E-state index in [9.17, 15) is 8.78 Å². The number of hydrogen-bond donors (Lipinski definition) is 1. The van der Waals surface area contributed by atoms with Crippen LogP contribution in [0.1, 0.15) is 13.0 Å². The molecule has 0 aliphatic heterocycles. The molecule has 3 aromatic rings. The SMILES string of the molecule is CC(CN)n1c(-c2ccccc2)nc2cc(F)c(F)cc21. The van der Waals surface area contributed by atoms with Crippen molar-refractivity contribution in [2.75, 3.05) is 6.54 Å². The first-order valence-electron chi connectivity index (χ1n) is 6.74. The Labute approximate surface area is 121 Å². The van der Waals surface area contributed by atoms with Crippen molar-refractivity contribution < 1.29 is 8.78 Å². The Balaban J connectivity index is 2.33. The van der Waals surface area contributed by atoms with Crippen LogP contribution in [0.25, 0.3) is 22.4 Å². The average molecular weight is 287 g/mol. The van der Waals surface area contributed by atoms with Crippen LogP contribution >= 0.6 is 0 Å². The van der Waals surface area contributed by atoms with Crippen LogP contribution in [0.3, 0.4) is 0 Å². The predicted octanol–water partition coefficient (Wildman–Crippen LogP) is 3.50. The second kappa shape index (κ2) is 5.26. The first kappa shape index (κ1) is 13.7. The van der Waals surface area contributed by atoms with Crippen molar-refractivity contribution in [3.05, 3.63) is 54.1 Å². The minimum atomic E-state index is -0.896. The molecule has 108 valence electrons. The van der Waals surface area contributed by atoms with Crippen molar-refractivity contribution in [1.29, 1.82) is 0 Å². The summed E-state index contributed by atoms with van der Waals surface area (Å²) in [7, 11) is 0. The van der Waals surface area contributed by atoms with Gasteiger partial charge in [0.1, 0.15) is 5.82 Å². The lowest BCUT2D eigenvalue weighted by atomic mass is 10.2. The van der Waals surface area contributed by atoms with E-state index >= 15 is 0 Å². The van der Waals surface area contributed by atoms with Crippen molar-refractivity contribution in [3.63, 3.8) is 0 Å². The lowest BCUT2D eigenvalue weighted by Crippen LogP contribution is -2.17. The summed E-state index contributed by atoms with van der Waals surface area (Å²) in [5.41, 5.74) is 7.61. The number of aromatic nitrogens is 2. The minimum absolute atomic E-state index is 0.0740. The Bertz CT molecular complexity index is 781. The highest BCUT2D eigenvalue weighted by molar-refractivity contribution is 5.81. The molecule has 0 aliphatic carbocycles. The van der Waals surface area contributed by atoms with Crippen LogP contribution in [0.4, 0.5) is 8.78 Å². The fourth-order valence-electron chi connectivity index (χ4n) is 2.43. The van der Waals surface area contributed by atoms with Gasteiger partial charge in [-0.25, -0.2) is 13.8 Å². The molecule has 1 heterocycles. The molecule has 0 saturated carbocycles. The third kappa shape index (κ3) is 2.29. The summed E-state index contributed by atoms with van der Waals surface area (Å²) in [6.07, 6.45) is 0. The predicted molar refractivity (Wildman–Crippen MR) is 78.9 cm³/mol. The maximum atomic E-state index is 13.6. The van der Waals surface area contributed by atoms with Gasteiger partial charge in [-0.15, -0.1) is 0 Å². The molecule has 2 N–H and O–H groups in total. The summed E-state index contributed by atoms with van der Waals surface area (Å²) in [5.74, 6) is -1.12. The number of rotatable bonds is 3. The van der Waals surface area contributed by atoms with Gasteiger partial charge in [0.05, 0.1) is 11.0 Å². The number of nitrogens with zero attached hydrogens (tertiary/aromatic N) is 2. The van der Waals surface area contributed by atoms with E-state index in [4.69, 9.17) is 5.73 Å². The van der Waals surface area contributed by atoms with Gasteiger partial charge in [-0.05, 0) is 6.92 Å². The number of hydrogen-bond acceptors (Lipinski definition) is 2. The molecule has 3 rings (SSSR count). The quantitative estimate of drug-likeness (QED) is 0.801. The topological polar surface area (TPSA) is 43.8 Å². The fourth-order valence-corrected chi connectivity index (χ4v) is 2.43. The molecule has 0 aliphatic rings. The van der Waals surface area contributed by atoms with Gasteiger partial charge in [0.15, 0.2) is 11.6 Å². The van der Waals surface area contributed by atoms with Gasteiger partial charge in [0.2, 0.25) is 0 Å². The van der Waals surface area contributed by atoms with Gasteiger partial charge in [-0.3, -0.25) is 0 Å². The largest absolute Gasteiger partial charge is 0.328 e. The number of imidazole rings is 1. The number of fused-ring (bicyclic) bond motifs is 1. The molecule has 0 fully saturated rings. The molecule has 0 amide bonds. The highest BCUT2D eigenvalue weighted by atomic mass is 19.2. The van der Waals surface area contributed by atoms with E-state index in [0.717, 1.165) is 11.6 Å². The molecule has 1 unspecified atom stereocenters. The van der Waals surface area contributed by atoms with Crippen LogP contribution in [-0.2, 0) is 0 Å². The van der Waals surface area contributed by atoms with E-state index in [0.29, 0.717) is 23.4 Å². The molecular weight excluding hydrogens is 272 g/mol. The Morgan fingerprint density at radius 3 is 2.48 bits per heavy atom. The van der Waals surface area contributed by atoms with Crippen molar-refractivity contribution in [2.24, 2.45) is 5.73 Å². The Morgan fingerprint density at radius 1 is 1.14 bits per heavy atom. The summed E-state index contributed by atoms with van der Waals surface area (Å²) in [6.45, 7) is 2.30. The normalized spacial score (nSPS) is 12.8. The molecule has 2 aromatic carbocycles. The number of halogens is 2. The molecule has 0 radical (unpaired) electrons. The average Bonchev–Trinajstić information content (AvgIpc) is 2.86. The van der Waals surface area contributed by atoms with Crippen molar-refractivity contribution in [2.45, 2.75) is 13.0 Å². The summed E-state index contributed by atoms with van der Waals surface area (Å²) >= 11 is 0. The van der Waals surface area contributed by atoms with Gasteiger partial charge in [0.25, 0.3) is 0 Å². The van der Waals surface area contributed by atoms with Crippen LogP contribution in [0.2, 0.25) is 0 Å². The molecule has 3 nitrogen and oxygen atoms in total. The van der Waals surface area contributed by atoms with E-state index in [1.807, 2.05) is 41.8 Å². The molecule has 0 bridgehead atoms. The second-order valence-electron chi connectivity index (χ2n) is 5.01. The van der Waals surface area contributed by atoms with Crippen molar-refractivity contribution >= 4 is 11.0 Å². The molecular formula is C16H15F2N3. The lowest BCUT2D eigenvalue weighted by molar-refractivity contribution is 0.509. The molecule has 1 atom stereocenters. The zero-order valence-electron chi connectivity index (χ0n) is 11.6. The highest BCUT2D eigenvalue weighted by Gasteiger charge is 2.18. The van der Waals surface area contributed by atoms with E-state index < -0.39 is 11.6 Å². The molecule has 5 heteroatoms. The third-order valence-electron chi connectivity index (χ3n) is 3.55. The smallest absolute Gasteiger partial charge is 0.161 e. The molecule has 0 saturated heterocycles. The summed E-state index contributed by atoms with van der Waals surface area (Å²) in [6, 6.07) is 11.7. The van der Waals surface area contributed by atoms with E-state index in [-0.39, 0.29) is 6.04 Å². The van der Waals surface area contributed by atoms with Crippen molar-refractivity contribution in [3.8, 4) is 11.4 Å². The minimum Gasteiger partial charge on any atom is -0.328 e. The summed E-state index contributed by atoms with van der Waals surface area (Å²) in [5, 5.41) is 0. The Morgan fingerprint density at radius 2 is 1.81 bits per heavy atom. The zero-order valence-corrected chi connectivity index (χ0v) is 11.6. The molecule has 1 aromatic heterocycles. The van der Waals surface area contributed by atoms with Gasteiger partial charge in [-0.2, -0.15) is 0 Å². The first-order chi connectivity index (χ1) is 10.1. The second-order valence-corrected chi connectivity index (χ2v) is 5.01. The Kier molecular flexibility index (Phi) is 3.43. The van der Waals surface area contributed by atoms with Crippen LogP contribution < -0.4 is 5.73 Å². The van der Waals surface area contributed by atoms with Gasteiger partial charge >= 0.3 is 0 Å². The molecule has 0 spiro atoms. The van der Waals surface area contributed by atoms with Crippen LogP contribution in [-0.4, -0.2) is 16.1 Å². The molecule has 21 heavy (non-hydrogen) atoms. The summed E-state index contributed by atoms with van der Waals surface area (Å²) < 4.78 is 28.8. The van der Waals surface area contributed by atoms with Crippen LogP contribution in [0, 0.1) is 11.6 Å². The zero-order chi connectivity index (χ0) is 15.0. The maximum Gasteiger partial charge on any atom is 0.161 e. The number of benzene rings is 2. The van der Waals surface area contributed by atoms with Crippen LogP contribution in [0.15, 0.2) is 42.5 Å². The standard InChI is InChI=1S/C16H15F2N3/c1-10(9-19)21-15-8-13(18)12(17)7-14(15)20-16(21)11-5-3-2-4-6-11/h2-8,10H,9,19H2,1H3. The Hall–Kier alpha value is -2.27. The van der Waals surface area contributed by atoms with Crippen molar-refractivity contribution in [1.82, 2.24) is 9.55 Å². The van der Waals surface area contributed by atoms with E-state index in [1.165, 1.54) is 6.07 Å². The van der Waals surface area contributed by atoms with Crippen LogP contribution in [0.5, 0.6) is 0 Å². The van der Waals surface area contributed by atoms with Gasteiger partial charge < -0.3 is 10.3 Å². The highest BCUT2D eigenvalue weighted by Crippen LogP contribution is 2.29. The number of nitrogens with two attached hydrogens (primary N) is 1. The third-order valence-corrected chi connectivity index (χ3v) is 3.55. The van der Waals surface area contributed by atoms with E-state index in [1.54, 1.807) is 0 Å².